The van der Waals surface area contributed by atoms with Crippen molar-refractivity contribution < 1.29 is 14.3 Å². The Bertz CT molecular complexity index is 1060. The van der Waals surface area contributed by atoms with Gasteiger partial charge in [-0.2, -0.15) is 0 Å². The molecule has 150 valence electrons. The number of rotatable bonds is 4. The molecular weight excluding hydrogens is 370 g/mol. The van der Waals surface area contributed by atoms with Crippen LogP contribution in [-0.4, -0.2) is 54.2 Å². The Morgan fingerprint density at radius 3 is 2.48 bits per heavy atom. The van der Waals surface area contributed by atoms with Gasteiger partial charge in [-0.3, -0.25) is 9.69 Å². The van der Waals surface area contributed by atoms with E-state index < -0.39 is 0 Å². The Morgan fingerprint density at radius 2 is 1.76 bits per heavy atom. The zero-order chi connectivity index (χ0) is 20.2. The summed E-state index contributed by atoms with van der Waals surface area (Å²) >= 11 is 0. The summed E-state index contributed by atoms with van der Waals surface area (Å²) in [6, 6.07) is 16.6. The highest BCUT2D eigenvalue weighted by molar-refractivity contribution is 5.80. The molecule has 7 nitrogen and oxygen atoms in total. The van der Waals surface area contributed by atoms with Gasteiger partial charge in [0.05, 0.1) is 12.6 Å². The SMILES string of the molecule is COc1ccc2cc(CN3CCN(C(=O)Oc4ccccc4)CC3)c(=O)[nH]c2c1. The number of H-pyrrole nitrogens is 1. The van der Waals surface area contributed by atoms with Crippen LogP contribution in [0.2, 0.25) is 0 Å². The largest absolute Gasteiger partial charge is 0.497 e. The lowest BCUT2D eigenvalue weighted by atomic mass is 10.1. The molecule has 0 unspecified atom stereocenters. The molecule has 0 spiro atoms. The number of methoxy groups -OCH3 is 1. The fraction of sp³-hybridized carbons (Fsp3) is 0.273. The first-order valence-corrected chi connectivity index (χ1v) is 9.56. The van der Waals surface area contributed by atoms with Crippen LogP contribution in [0.4, 0.5) is 4.79 Å². The first-order valence-electron chi connectivity index (χ1n) is 9.56. The van der Waals surface area contributed by atoms with E-state index in [2.05, 4.69) is 9.88 Å². The zero-order valence-electron chi connectivity index (χ0n) is 16.3. The molecule has 7 heteroatoms. The lowest BCUT2D eigenvalue weighted by Crippen LogP contribution is -2.49. The number of carbonyl (C=O) groups excluding carboxylic acids is 1. The Hall–Kier alpha value is -3.32. The maximum absolute atomic E-state index is 12.5. The molecule has 0 saturated carbocycles. The summed E-state index contributed by atoms with van der Waals surface area (Å²) in [5, 5.41) is 0.963. The van der Waals surface area contributed by atoms with Gasteiger partial charge in [0.1, 0.15) is 11.5 Å². The van der Waals surface area contributed by atoms with Crippen molar-refractivity contribution in [2.75, 3.05) is 33.3 Å². The molecule has 3 aromatic rings. The van der Waals surface area contributed by atoms with Crippen molar-refractivity contribution in [1.29, 1.82) is 0 Å². The number of ether oxygens (including phenoxy) is 2. The fourth-order valence-electron chi connectivity index (χ4n) is 3.45. The van der Waals surface area contributed by atoms with Gasteiger partial charge in [0.15, 0.2) is 0 Å². The summed E-state index contributed by atoms with van der Waals surface area (Å²) in [6.45, 7) is 3.04. The van der Waals surface area contributed by atoms with Gasteiger partial charge in [0.2, 0.25) is 0 Å². The van der Waals surface area contributed by atoms with Crippen molar-refractivity contribution in [3.8, 4) is 11.5 Å². The van der Waals surface area contributed by atoms with Crippen LogP contribution < -0.4 is 15.0 Å². The molecule has 0 radical (unpaired) electrons. The Kier molecular flexibility index (Phi) is 5.48. The molecule has 2 aromatic carbocycles. The van der Waals surface area contributed by atoms with Crippen molar-refractivity contribution in [3.63, 3.8) is 0 Å². The van der Waals surface area contributed by atoms with E-state index >= 15 is 0 Å². The number of aromatic amines is 1. The van der Waals surface area contributed by atoms with Crippen LogP contribution in [0.5, 0.6) is 11.5 Å². The lowest BCUT2D eigenvalue weighted by Gasteiger charge is -2.33. The molecule has 1 aliphatic rings. The number of benzene rings is 2. The van der Waals surface area contributed by atoms with Crippen LogP contribution in [-0.2, 0) is 6.54 Å². The number of fused-ring (bicyclic) bond motifs is 1. The van der Waals surface area contributed by atoms with Crippen molar-refractivity contribution in [2.24, 2.45) is 0 Å². The molecule has 1 fully saturated rings. The van der Waals surface area contributed by atoms with Gasteiger partial charge in [0, 0.05) is 44.4 Å². The third-order valence-electron chi connectivity index (χ3n) is 5.10. The van der Waals surface area contributed by atoms with Crippen molar-refractivity contribution in [2.45, 2.75) is 6.54 Å². The average Bonchev–Trinajstić information content (AvgIpc) is 2.75. The zero-order valence-corrected chi connectivity index (χ0v) is 16.3. The molecule has 1 aliphatic heterocycles. The molecule has 4 rings (SSSR count). The smallest absolute Gasteiger partial charge is 0.415 e. The number of hydrogen-bond acceptors (Lipinski definition) is 5. The minimum Gasteiger partial charge on any atom is -0.497 e. The molecule has 29 heavy (non-hydrogen) atoms. The molecule has 2 heterocycles. The van der Waals surface area contributed by atoms with Crippen LogP contribution in [0.25, 0.3) is 10.9 Å². The molecular formula is C22H23N3O4. The number of nitrogens with one attached hydrogen (secondary N) is 1. The Morgan fingerprint density at radius 1 is 1.00 bits per heavy atom. The van der Waals surface area contributed by atoms with E-state index in [1.54, 1.807) is 24.1 Å². The van der Waals surface area contributed by atoms with Gasteiger partial charge < -0.3 is 19.4 Å². The maximum atomic E-state index is 12.5. The Labute approximate surface area is 168 Å². The number of carbonyl (C=O) groups is 1. The predicted molar refractivity (Wildman–Crippen MR) is 110 cm³/mol. The van der Waals surface area contributed by atoms with E-state index in [4.69, 9.17) is 9.47 Å². The van der Waals surface area contributed by atoms with Crippen LogP contribution in [0.3, 0.4) is 0 Å². The van der Waals surface area contributed by atoms with Gasteiger partial charge >= 0.3 is 6.09 Å². The van der Waals surface area contributed by atoms with E-state index in [1.807, 2.05) is 42.5 Å². The quantitative estimate of drug-likeness (QED) is 0.738. The second-order valence-corrected chi connectivity index (χ2v) is 7.02. The molecule has 1 aromatic heterocycles. The summed E-state index contributed by atoms with van der Waals surface area (Å²) in [5.41, 5.74) is 1.37. The molecule has 0 atom stereocenters. The molecule has 1 N–H and O–H groups in total. The summed E-state index contributed by atoms with van der Waals surface area (Å²) in [5.74, 6) is 1.25. The molecule has 0 aliphatic carbocycles. The monoisotopic (exact) mass is 393 g/mol. The number of amides is 1. The number of para-hydroxylation sites is 1. The van der Waals surface area contributed by atoms with Gasteiger partial charge in [-0.05, 0) is 35.7 Å². The topological polar surface area (TPSA) is 74.9 Å². The van der Waals surface area contributed by atoms with E-state index in [0.29, 0.717) is 49.8 Å². The number of pyridine rings is 1. The predicted octanol–water partition coefficient (Wildman–Crippen LogP) is 2.85. The highest BCUT2D eigenvalue weighted by Gasteiger charge is 2.23. The lowest BCUT2D eigenvalue weighted by molar-refractivity contribution is 0.107. The number of hydrogen-bond donors (Lipinski definition) is 1. The summed E-state index contributed by atoms with van der Waals surface area (Å²) in [7, 11) is 1.60. The van der Waals surface area contributed by atoms with E-state index in [-0.39, 0.29) is 11.7 Å². The van der Waals surface area contributed by atoms with Crippen LogP contribution in [0.15, 0.2) is 59.4 Å². The first-order chi connectivity index (χ1) is 14.1. The van der Waals surface area contributed by atoms with Gasteiger partial charge in [0.25, 0.3) is 5.56 Å². The third-order valence-corrected chi connectivity index (χ3v) is 5.10. The molecule has 1 saturated heterocycles. The first kappa shape index (κ1) is 19.0. The van der Waals surface area contributed by atoms with Crippen molar-refractivity contribution >= 4 is 17.0 Å². The molecule has 1 amide bonds. The standard InChI is InChI=1S/C22H23N3O4/c1-28-19-8-7-16-13-17(21(26)23-20(16)14-19)15-24-9-11-25(12-10-24)22(27)29-18-5-3-2-4-6-18/h2-8,13-14H,9-12,15H2,1H3,(H,23,26). The average molecular weight is 393 g/mol. The summed E-state index contributed by atoms with van der Waals surface area (Å²) in [4.78, 5) is 31.6. The molecule has 0 bridgehead atoms. The highest BCUT2D eigenvalue weighted by Crippen LogP contribution is 2.19. The number of aromatic nitrogens is 1. The van der Waals surface area contributed by atoms with E-state index in [1.165, 1.54) is 0 Å². The Balaban J connectivity index is 1.37. The second kappa shape index (κ2) is 8.36. The summed E-state index contributed by atoms with van der Waals surface area (Å²) < 4.78 is 10.6. The minimum absolute atomic E-state index is 0.100. The minimum atomic E-state index is -0.339. The second-order valence-electron chi connectivity index (χ2n) is 7.02. The number of piperazine rings is 1. The van der Waals surface area contributed by atoms with Crippen molar-refractivity contribution in [3.05, 3.63) is 70.5 Å². The van der Waals surface area contributed by atoms with Gasteiger partial charge in [-0.15, -0.1) is 0 Å². The van der Waals surface area contributed by atoms with E-state index in [9.17, 15) is 9.59 Å². The normalized spacial score (nSPS) is 14.7. The van der Waals surface area contributed by atoms with Crippen LogP contribution in [0.1, 0.15) is 5.56 Å². The van der Waals surface area contributed by atoms with Gasteiger partial charge in [-0.1, -0.05) is 18.2 Å². The number of nitrogens with zero attached hydrogens (tertiary/aromatic N) is 2. The van der Waals surface area contributed by atoms with Crippen molar-refractivity contribution in [1.82, 2.24) is 14.8 Å². The van der Waals surface area contributed by atoms with Gasteiger partial charge in [-0.25, -0.2) is 4.79 Å². The third kappa shape index (κ3) is 4.41. The van der Waals surface area contributed by atoms with Crippen LogP contribution in [0, 0.1) is 0 Å². The van der Waals surface area contributed by atoms with Crippen LogP contribution >= 0.6 is 0 Å². The fourth-order valence-corrected chi connectivity index (χ4v) is 3.45. The van der Waals surface area contributed by atoms with E-state index in [0.717, 1.165) is 10.9 Å². The highest BCUT2D eigenvalue weighted by atomic mass is 16.6. The maximum Gasteiger partial charge on any atom is 0.415 e. The summed E-state index contributed by atoms with van der Waals surface area (Å²) in [6.07, 6.45) is -0.339.